The van der Waals surface area contributed by atoms with Crippen molar-refractivity contribution in [2.24, 2.45) is 0 Å². The Hall–Kier alpha value is -2.74. The van der Waals surface area contributed by atoms with Crippen molar-refractivity contribution in [3.63, 3.8) is 0 Å². The fourth-order valence-corrected chi connectivity index (χ4v) is 2.96. The zero-order valence-electron chi connectivity index (χ0n) is 14.6. The van der Waals surface area contributed by atoms with Gasteiger partial charge in [0.1, 0.15) is 5.82 Å². The molecule has 0 aliphatic heterocycles. The zero-order valence-corrected chi connectivity index (χ0v) is 14.6. The van der Waals surface area contributed by atoms with Crippen LogP contribution in [0, 0.1) is 5.82 Å². The topological polar surface area (TPSA) is 17.1 Å². The number of rotatable bonds is 5. The summed E-state index contributed by atoms with van der Waals surface area (Å²) in [5.74, 6) is -0.503. The summed E-state index contributed by atoms with van der Waals surface area (Å²) in [5, 5.41) is 0. The highest BCUT2D eigenvalue weighted by atomic mass is 19.1. The highest BCUT2D eigenvalue weighted by Gasteiger charge is 2.09. The van der Waals surface area contributed by atoms with Crippen molar-refractivity contribution in [3.8, 4) is 22.3 Å². The lowest BCUT2D eigenvalue weighted by atomic mass is 9.98. The van der Waals surface area contributed by atoms with Crippen LogP contribution in [0.3, 0.4) is 0 Å². The number of carbonyl (C=O) groups excluding carboxylic acids is 1. The summed E-state index contributed by atoms with van der Waals surface area (Å²) in [6.07, 6.45) is 2.23. The Morgan fingerprint density at radius 3 is 1.92 bits per heavy atom. The maximum absolute atomic E-state index is 14.3. The summed E-state index contributed by atoms with van der Waals surface area (Å²) < 4.78 is 14.3. The molecule has 126 valence electrons. The molecule has 0 saturated carbocycles. The highest BCUT2D eigenvalue weighted by Crippen LogP contribution is 2.27. The first-order valence-electron chi connectivity index (χ1n) is 8.58. The number of aryl methyl sites for hydroxylation is 1. The maximum atomic E-state index is 14.3. The highest BCUT2D eigenvalue weighted by molar-refractivity contribution is 5.94. The van der Waals surface area contributed by atoms with E-state index in [-0.39, 0.29) is 11.6 Å². The number of ketones is 1. The Labute approximate surface area is 148 Å². The minimum Gasteiger partial charge on any atom is -0.295 e. The summed E-state index contributed by atoms with van der Waals surface area (Å²) in [5.41, 5.74) is 5.31. The van der Waals surface area contributed by atoms with Gasteiger partial charge in [-0.2, -0.15) is 0 Å². The SMILES string of the molecule is CCCc1ccc(-c2ccc(-c3ccc(C(C)=O)cc3F)cc2)cc1. The van der Waals surface area contributed by atoms with Gasteiger partial charge in [0.15, 0.2) is 5.78 Å². The van der Waals surface area contributed by atoms with E-state index in [1.807, 2.05) is 24.3 Å². The van der Waals surface area contributed by atoms with Gasteiger partial charge < -0.3 is 0 Å². The normalized spacial score (nSPS) is 10.7. The Morgan fingerprint density at radius 1 is 0.840 bits per heavy atom. The molecule has 3 rings (SSSR count). The number of Topliss-reactive ketones (excluding diaryl/α,β-unsaturated/α-hetero) is 1. The fraction of sp³-hybridized carbons (Fsp3) is 0.174. The summed E-state index contributed by atoms with van der Waals surface area (Å²) in [6, 6.07) is 21.1. The molecule has 0 N–H and O–H groups in total. The van der Waals surface area contributed by atoms with Gasteiger partial charge in [0, 0.05) is 11.1 Å². The minimum absolute atomic E-state index is 0.132. The molecule has 3 aromatic carbocycles. The van der Waals surface area contributed by atoms with E-state index in [1.54, 1.807) is 12.1 Å². The van der Waals surface area contributed by atoms with E-state index >= 15 is 0 Å². The van der Waals surface area contributed by atoms with E-state index in [4.69, 9.17) is 0 Å². The third kappa shape index (κ3) is 3.85. The molecule has 0 aromatic heterocycles. The van der Waals surface area contributed by atoms with Crippen LogP contribution in [-0.4, -0.2) is 5.78 Å². The summed E-state index contributed by atoms with van der Waals surface area (Å²) in [6.45, 7) is 3.61. The van der Waals surface area contributed by atoms with Crippen LogP contribution in [0.1, 0.15) is 36.2 Å². The average molecular weight is 332 g/mol. The van der Waals surface area contributed by atoms with Gasteiger partial charge in [-0.05, 0) is 41.7 Å². The van der Waals surface area contributed by atoms with Gasteiger partial charge in [-0.3, -0.25) is 4.79 Å². The molecule has 0 unspecified atom stereocenters. The second kappa shape index (κ2) is 7.43. The lowest BCUT2D eigenvalue weighted by molar-refractivity contribution is 0.101. The molecule has 0 heterocycles. The number of benzene rings is 3. The van der Waals surface area contributed by atoms with E-state index in [1.165, 1.54) is 18.6 Å². The molecule has 0 radical (unpaired) electrons. The molecule has 25 heavy (non-hydrogen) atoms. The maximum Gasteiger partial charge on any atom is 0.159 e. The van der Waals surface area contributed by atoms with Crippen molar-refractivity contribution in [2.45, 2.75) is 26.7 Å². The largest absolute Gasteiger partial charge is 0.295 e. The van der Waals surface area contributed by atoms with Gasteiger partial charge in [-0.1, -0.05) is 74.0 Å². The van der Waals surface area contributed by atoms with Crippen LogP contribution in [0.4, 0.5) is 4.39 Å². The fourth-order valence-electron chi connectivity index (χ4n) is 2.96. The van der Waals surface area contributed by atoms with E-state index in [9.17, 15) is 9.18 Å². The van der Waals surface area contributed by atoms with Crippen molar-refractivity contribution < 1.29 is 9.18 Å². The predicted octanol–water partition coefficient (Wildman–Crippen LogP) is 6.31. The monoisotopic (exact) mass is 332 g/mol. The molecular weight excluding hydrogens is 311 g/mol. The van der Waals surface area contributed by atoms with Crippen LogP contribution < -0.4 is 0 Å². The van der Waals surface area contributed by atoms with Crippen molar-refractivity contribution in [1.82, 2.24) is 0 Å². The first-order chi connectivity index (χ1) is 12.1. The number of halogens is 1. The Morgan fingerprint density at radius 2 is 1.40 bits per heavy atom. The summed E-state index contributed by atoms with van der Waals surface area (Å²) in [4.78, 5) is 11.3. The third-order valence-electron chi connectivity index (χ3n) is 4.40. The first-order valence-corrected chi connectivity index (χ1v) is 8.58. The second-order valence-electron chi connectivity index (χ2n) is 6.28. The van der Waals surface area contributed by atoms with Crippen LogP contribution in [0.5, 0.6) is 0 Å². The van der Waals surface area contributed by atoms with E-state index < -0.39 is 0 Å². The van der Waals surface area contributed by atoms with Crippen LogP contribution in [0.25, 0.3) is 22.3 Å². The molecule has 0 saturated heterocycles. The second-order valence-corrected chi connectivity index (χ2v) is 6.28. The quantitative estimate of drug-likeness (QED) is 0.500. The molecule has 0 atom stereocenters. The number of carbonyl (C=O) groups is 1. The molecule has 0 aliphatic rings. The first kappa shape index (κ1) is 17.1. The van der Waals surface area contributed by atoms with Crippen LogP contribution in [-0.2, 0) is 6.42 Å². The summed E-state index contributed by atoms with van der Waals surface area (Å²) in [7, 11) is 0. The van der Waals surface area contributed by atoms with Crippen molar-refractivity contribution in [1.29, 1.82) is 0 Å². The predicted molar refractivity (Wildman–Crippen MR) is 101 cm³/mol. The minimum atomic E-state index is -0.371. The number of hydrogen-bond donors (Lipinski definition) is 0. The lowest BCUT2D eigenvalue weighted by Gasteiger charge is -2.08. The molecule has 0 amide bonds. The standard InChI is InChI=1S/C23H21FO/c1-3-4-17-5-7-18(8-6-17)19-9-11-20(12-10-19)22-14-13-21(16(2)25)15-23(22)24/h5-15H,3-4H2,1-2H3. The van der Waals surface area contributed by atoms with Gasteiger partial charge >= 0.3 is 0 Å². The van der Waals surface area contributed by atoms with E-state index in [2.05, 4.69) is 31.2 Å². The van der Waals surface area contributed by atoms with Crippen molar-refractivity contribution in [2.75, 3.05) is 0 Å². The Kier molecular flexibility index (Phi) is 5.08. The van der Waals surface area contributed by atoms with Gasteiger partial charge in [0.2, 0.25) is 0 Å². The molecule has 3 aromatic rings. The van der Waals surface area contributed by atoms with Crippen molar-refractivity contribution in [3.05, 3.63) is 83.7 Å². The molecule has 1 nitrogen and oxygen atoms in total. The van der Waals surface area contributed by atoms with Crippen LogP contribution >= 0.6 is 0 Å². The van der Waals surface area contributed by atoms with Gasteiger partial charge in [0.05, 0.1) is 0 Å². The summed E-state index contributed by atoms with van der Waals surface area (Å²) >= 11 is 0. The van der Waals surface area contributed by atoms with E-state index in [0.717, 1.165) is 29.5 Å². The van der Waals surface area contributed by atoms with Crippen molar-refractivity contribution >= 4 is 5.78 Å². The Balaban J connectivity index is 1.86. The third-order valence-corrected chi connectivity index (χ3v) is 4.40. The molecule has 2 heteroatoms. The van der Waals surface area contributed by atoms with E-state index in [0.29, 0.717) is 11.1 Å². The van der Waals surface area contributed by atoms with Gasteiger partial charge in [-0.25, -0.2) is 4.39 Å². The average Bonchev–Trinajstić information content (AvgIpc) is 2.63. The zero-order chi connectivity index (χ0) is 17.8. The molecule has 0 aliphatic carbocycles. The number of hydrogen-bond acceptors (Lipinski definition) is 1. The molecular formula is C23H21FO. The Bertz CT molecular complexity index is 877. The van der Waals surface area contributed by atoms with Gasteiger partial charge in [-0.15, -0.1) is 0 Å². The van der Waals surface area contributed by atoms with Crippen LogP contribution in [0.2, 0.25) is 0 Å². The van der Waals surface area contributed by atoms with Gasteiger partial charge in [0.25, 0.3) is 0 Å². The smallest absolute Gasteiger partial charge is 0.159 e. The lowest BCUT2D eigenvalue weighted by Crippen LogP contribution is -1.94. The molecule has 0 bridgehead atoms. The van der Waals surface area contributed by atoms with Crippen LogP contribution in [0.15, 0.2) is 66.7 Å². The molecule has 0 spiro atoms. The molecule has 0 fully saturated rings.